The topological polar surface area (TPSA) is 27.7 Å². The van der Waals surface area contributed by atoms with Crippen molar-refractivity contribution in [3.8, 4) is 0 Å². The second-order valence-corrected chi connectivity index (χ2v) is 1.65. The molecule has 0 heterocycles. The molecule has 0 rings (SSSR count). The Hall–Kier alpha value is -0.120. The molecule has 0 aromatic rings. The first-order valence-corrected chi connectivity index (χ1v) is 3.90. The van der Waals surface area contributed by atoms with Crippen LogP contribution in [-0.2, 0) is 14.2 Å². The SMILES string of the molecule is CC.CCC(OC)(OC)OC. The van der Waals surface area contributed by atoms with Gasteiger partial charge in [-0.15, -0.1) is 0 Å². The highest BCUT2D eigenvalue weighted by Gasteiger charge is 2.25. The molecule has 0 saturated heterocycles. The maximum atomic E-state index is 4.94. The summed E-state index contributed by atoms with van der Waals surface area (Å²) in [5.74, 6) is -0.833. The summed E-state index contributed by atoms with van der Waals surface area (Å²) in [6.07, 6.45) is 0.677. The second-order valence-electron chi connectivity index (χ2n) is 1.65. The molecule has 3 nitrogen and oxygen atoms in total. The van der Waals surface area contributed by atoms with Crippen LogP contribution in [0.2, 0.25) is 0 Å². The van der Waals surface area contributed by atoms with Gasteiger partial charge < -0.3 is 14.2 Å². The molecule has 0 radical (unpaired) electrons. The van der Waals surface area contributed by atoms with Crippen LogP contribution in [0.1, 0.15) is 27.2 Å². The van der Waals surface area contributed by atoms with Crippen LogP contribution in [0, 0.1) is 0 Å². The zero-order valence-corrected chi connectivity index (χ0v) is 8.43. The average molecular weight is 164 g/mol. The van der Waals surface area contributed by atoms with Gasteiger partial charge in [0.15, 0.2) is 0 Å². The predicted molar refractivity (Wildman–Crippen MR) is 45.4 cm³/mol. The van der Waals surface area contributed by atoms with Gasteiger partial charge in [0.1, 0.15) is 0 Å². The lowest BCUT2D eigenvalue weighted by Gasteiger charge is -2.26. The molecule has 0 aliphatic heterocycles. The Labute approximate surface area is 69.6 Å². The highest BCUT2D eigenvalue weighted by atomic mass is 16.9. The molecule has 0 aromatic carbocycles. The summed E-state index contributed by atoms with van der Waals surface area (Å²) in [5, 5.41) is 0. The Kier molecular flexibility index (Phi) is 9.77. The molecule has 0 aromatic heterocycles. The number of hydrogen-bond acceptors (Lipinski definition) is 3. The van der Waals surface area contributed by atoms with E-state index in [-0.39, 0.29) is 0 Å². The van der Waals surface area contributed by atoms with Gasteiger partial charge in [-0.3, -0.25) is 0 Å². The Morgan fingerprint density at radius 2 is 1.18 bits per heavy atom. The molecule has 0 fully saturated rings. The van der Waals surface area contributed by atoms with Gasteiger partial charge in [0.2, 0.25) is 0 Å². The van der Waals surface area contributed by atoms with Gasteiger partial charge >= 0.3 is 0 Å². The largest absolute Gasteiger partial charge is 0.331 e. The summed E-state index contributed by atoms with van der Waals surface area (Å²) in [7, 11) is 4.66. The van der Waals surface area contributed by atoms with Crippen molar-refractivity contribution in [1.82, 2.24) is 0 Å². The van der Waals surface area contributed by atoms with E-state index in [4.69, 9.17) is 14.2 Å². The van der Waals surface area contributed by atoms with Crippen LogP contribution < -0.4 is 0 Å². The molecule has 0 N–H and O–H groups in total. The molecule has 0 aliphatic carbocycles. The summed E-state index contributed by atoms with van der Waals surface area (Å²) < 4.78 is 14.8. The monoisotopic (exact) mass is 164 g/mol. The van der Waals surface area contributed by atoms with E-state index in [1.54, 1.807) is 21.3 Å². The van der Waals surface area contributed by atoms with E-state index >= 15 is 0 Å². The van der Waals surface area contributed by atoms with E-state index in [1.165, 1.54) is 0 Å². The van der Waals surface area contributed by atoms with Crippen molar-refractivity contribution in [2.75, 3.05) is 21.3 Å². The van der Waals surface area contributed by atoms with Crippen LogP contribution in [0.15, 0.2) is 0 Å². The van der Waals surface area contributed by atoms with Crippen LogP contribution in [0.3, 0.4) is 0 Å². The number of hydrogen-bond donors (Lipinski definition) is 0. The van der Waals surface area contributed by atoms with Crippen LogP contribution >= 0.6 is 0 Å². The van der Waals surface area contributed by atoms with E-state index in [0.717, 1.165) is 0 Å². The smallest absolute Gasteiger partial charge is 0.281 e. The normalized spacial score (nSPS) is 10.4. The fourth-order valence-corrected chi connectivity index (χ4v) is 0.683. The molecule has 70 valence electrons. The van der Waals surface area contributed by atoms with Gasteiger partial charge in [0.25, 0.3) is 5.97 Å². The standard InChI is InChI=1S/C6H14O3.C2H6/c1-5-6(7-2,8-3)9-4;1-2/h5H2,1-4H3;1-2H3. The molecular formula is C8H20O3. The van der Waals surface area contributed by atoms with Crippen molar-refractivity contribution in [1.29, 1.82) is 0 Å². The Balaban J connectivity index is 0. The number of ether oxygens (including phenoxy) is 3. The number of methoxy groups -OCH3 is 3. The maximum absolute atomic E-state index is 4.94. The molecule has 0 unspecified atom stereocenters. The molecule has 0 bridgehead atoms. The first kappa shape index (κ1) is 13.5. The van der Waals surface area contributed by atoms with Crippen molar-refractivity contribution in [2.24, 2.45) is 0 Å². The van der Waals surface area contributed by atoms with Gasteiger partial charge in [-0.1, -0.05) is 20.8 Å². The summed E-state index contributed by atoms with van der Waals surface area (Å²) in [5.41, 5.74) is 0. The molecule has 0 amide bonds. The van der Waals surface area contributed by atoms with Gasteiger partial charge in [0.05, 0.1) is 0 Å². The van der Waals surface area contributed by atoms with Gasteiger partial charge in [-0.2, -0.15) is 0 Å². The molecule has 0 spiro atoms. The number of rotatable bonds is 4. The molecular weight excluding hydrogens is 144 g/mol. The first-order chi connectivity index (χ1) is 5.24. The van der Waals surface area contributed by atoms with Crippen molar-refractivity contribution in [3.05, 3.63) is 0 Å². The quantitative estimate of drug-likeness (QED) is 0.595. The van der Waals surface area contributed by atoms with Crippen molar-refractivity contribution >= 4 is 0 Å². The lowest BCUT2D eigenvalue weighted by atomic mass is 10.4. The molecule has 0 atom stereocenters. The van der Waals surface area contributed by atoms with Crippen LogP contribution in [0.4, 0.5) is 0 Å². The third kappa shape index (κ3) is 4.35. The van der Waals surface area contributed by atoms with Crippen LogP contribution in [0.5, 0.6) is 0 Å². The third-order valence-electron chi connectivity index (χ3n) is 1.37. The summed E-state index contributed by atoms with van der Waals surface area (Å²) in [6, 6.07) is 0. The minimum Gasteiger partial charge on any atom is -0.331 e. The van der Waals surface area contributed by atoms with Gasteiger partial charge in [0, 0.05) is 27.8 Å². The maximum Gasteiger partial charge on any atom is 0.281 e. The Bertz CT molecular complexity index is 52.2. The zero-order chi connectivity index (χ0) is 9.33. The predicted octanol–water partition coefficient (Wildman–Crippen LogP) is 2.02. The van der Waals surface area contributed by atoms with Gasteiger partial charge in [-0.05, 0) is 0 Å². The minimum absolute atomic E-state index is 0.677. The lowest BCUT2D eigenvalue weighted by molar-refractivity contribution is -0.352. The Morgan fingerprint density at radius 1 is 0.909 bits per heavy atom. The summed E-state index contributed by atoms with van der Waals surface area (Å²) in [6.45, 7) is 5.93. The highest BCUT2D eigenvalue weighted by molar-refractivity contribution is 4.48. The fraction of sp³-hybridized carbons (Fsp3) is 1.00. The van der Waals surface area contributed by atoms with E-state index in [1.807, 2.05) is 20.8 Å². The summed E-state index contributed by atoms with van der Waals surface area (Å²) >= 11 is 0. The van der Waals surface area contributed by atoms with Gasteiger partial charge in [-0.25, -0.2) is 0 Å². The van der Waals surface area contributed by atoms with E-state index < -0.39 is 5.97 Å². The average Bonchev–Trinajstić information content (AvgIpc) is 2.13. The van der Waals surface area contributed by atoms with E-state index in [2.05, 4.69) is 0 Å². The lowest BCUT2D eigenvalue weighted by Crippen LogP contribution is -2.34. The van der Waals surface area contributed by atoms with Crippen molar-refractivity contribution in [3.63, 3.8) is 0 Å². The van der Waals surface area contributed by atoms with Crippen molar-refractivity contribution in [2.45, 2.75) is 33.2 Å². The van der Waals surface area contributed by atoms with Crippen LogP contribution in [0.25, 0.3) is 0 Å². The first-order valence-electron chi connectivity index (χ1n) is 3.90. The van der Waals surface area contributed by atoms with E-state index in [0.29, 0.717) is 6.42 Å². The molecule has 3 heteroatoms. The second kappa shape index (κ2) is 7.98. The molecule has 0 saturated carbocycles. The highest BCUT2D eigenvalue weighted by Crippen LogP contribution is 2.15. The molecule has 0 aliphatic rings. The fourth-order valence-electron chi connectivity index (χ4n) is 0.683. The Morgan fingerprint density at radius 3 is 1.18 bits per heavy atom. The van der Waals surface area contributed by atoms with Crippen molar-refractivity contribution < 1.29 is 14.2 Å². The van der Waals surface area contributed by atoms with E-state index in [9.17, 15) is 0 Å². The zero-order valence-electron chi connectivity index (χ0n) is 8.43. The van der Waals surface area contributed by atoms with Crippen LogP contribution in [-0.4, -0.2) is 27.3 Å². The third-order valence-corrected chi connectivity index (χ3v) is 1.37. The molecule has 11 heavy (non-hydrogen) atoms. The summed E-state index contributed by atoms with van der Waals surface area (Å²) in [4.78, 5) is 0. The minimum atomic E-state index is -0.833.